The van der Waals surface area contributed by atoms with E-state index < -0.39 is 0 Å². The van der Waals surface area contributed by atoms with Crippen molar-refractivity contribution in [2.45, 2.75) is 13.8 Å². The molecule has 0 aliphatic carbocycles. The maximum Gasteiger partial charge on any atom is 0.122 e. The van der Waals surface area contributed by atoms with Gasteiger partial charge >= 0.3 is 0 Å². The quantitative estimate of drug-likeness (QED) is 0.173. The van der Waals surface area contributed by atoms with Crippen molar-refractivity contribution in [3.05, 3.63) is 114 Å². The fraction of sp³-hybridized carbons (Fsp3) is 0.0645. The molecule has 4 nitrogen and oxygen atoms in total. The zero-order valence-corrected chi connectivity index (χ0v) is 23.4. The maximum absolute atomic E-state index is 6.19. The number of nitrogens with zero attached hydrogens (tertiary/aromatic N) is 3. The van der Waals surface area contributed by atoms with Gasteiger partial charge in [-0.15, -0.1) is 65.4 Å². The Kier molecular flexibility index (Phi) is 7.24. The molecule has 0 spiro atoms. The Balaban J connectivity index is 0.000000183. The molecule has 0 bridgehead atoms. The van der Waals surface area contributed by atoms with Gasteiger partial charge in [0.05, 0.1) is 20.8 Å². The number of aryl methyl sites for hydroxylation is 2. The van der Waals surface area contributed by atoms with E-state index >= 15 is 0 Å². The fourth-order valence-corrected chi connectivity index (χ4v) is 5.17. The number of fused-ring (bicyclic) bond motifs is 5. The number of benzene rings is 3. The number of thiazole rings is 1. The molecular weight excluding hydrogens is 655 g/mol. The maximum atomic E-state index is 6.19. The molecular formula is C31H21IrN3OS-2. The fourth-order valence-electron chi connectivity index (χ4n) is 4.20. The van der Waals surface area contributed by atoms with Crippen molar-refractivity contribution in [3.63, 3.8) is 0 Å². The van der Waals surface area contributed by atoms with Gasteiger partial charge in [-0.2, -0.15) is 0 Å². The molecule has 1 radical (unpaired) electrons. The molecule has 7 aromatic rings. The summed E-state index contributed by atoms with van der Waals surface area (Å²) in [5, 5.41) is 3.29. The van der Waals surface area contributed by atoms with Crippen molar-refractivity contribution in [2.24, 2.45) is 0 Å². The van der Waals surface area contributed by atoms with Gasteiger partial charge in [0, 0.05) is 37.9 Å². The van der Waals surface area contributed by atoms with Crippen LogP contribution >= 0.6 is 11.3 Å². The van der Waals surface area contributed by atoms with Gasteiger partial charge in [0.15, 0.2) is 0 Å². The van der Waals surface area contributed by atoms with Gasteiger partial charge in [-0.3, -0.25) is 0 Å². The van der Waals surface area contributed by atoms with E-state index in [0.29, 0.717) is 0 Å². The Hall–Kier alpha value is -3.70. The van der Waals surface area contributed by atoms with E-state index in [1.807, 2.05) is 86.8 Å². The van der Waals surface area contributed by atoms with E-state index in [2.05, 4.69) is 39.2 Å². The molecule has 37 heavy (non-hydrogen) atoms. The van der Waals surface area contributed by atoms with Crippen LogP contribution in [0.25, 0.3) is 54.7 Å². The molecule has 6 heteroatoms. The Morgan fingerprint density at radius 3 is 2.46 bits per heavy atom. The topological polar surface area (TPSA) is 51.8 Å². The van der Waals surface area contributed by atoms with E-state index in [9.17, 15) is 0 Å². The Bertz CT molecular complexity index is 1760. The number of aromatic nitrogens is 3. The van der Waals surface area contributed by atoms with Gasteiger partial charge in [-0.05, 0) is 49.0 Å². The molecule has 183 valence electrons. The van der Waals surface area contributed by atoms with Gasteiger partial charge in [0.25, 0.3) is 0 Å². The zero-order chi connectivity index (χ0) is 24.5. The molecule has 7 rings (SSSR count). The van der Waals surface area contributed by atoms with E-state index in [4.69, 9.17) is 4.42 Å². The third-order valence-electron chi connectivity index (χ3n) is 5.87. The number of hydrogen-bond donors (Lipinski definition) is 0. The number of hydrogen-bond acceptors (Lipinski definition) is 5. The largest absolute Gasteiger partial charge is 0.501 e. The summed E-state index contributed by atoms with van der Waals surface area (Å²) in [6.45, 7) is 4.07. The van der Waals surface area contributed by atoms with Gasteiger partial charge in [0.1, 0.15) is 5.58 Å². The van der Waals surface area contributed by atoms with Gasteiger partial charge < -0.3 is 14.4 Å². The van der Waals surface area contributed by atoms with Crippen LogP contribution in [0.1, 0.15) is 10.6 Å². The Morgan fingerprint density at radius 1 is 0.811 bits per heavy atom. The first-order valence-electron chi connectivity index (χ1n) is 11.6. The summed E-state index contributed by atoms with van der Waals surface area (Å²) in [5.41, 5.74) is 7.67. The normalized spacial score (nSPS) is 10.8. The van der Waals surface area contributed by atoms with E-state index in [1.54, 1.807) is 17.5 Å². The van der Waals surface area contributed by atoms with Gasteiger partial charge in [-0.1, -0.05) is 35.2 Å². The summed E-state index contributed by atoms with van der Waals surface area (Å²) >= 11 is 1.71. The smallest absolute Gasteiger partial charge is 0.122 e. The van der Waals surface area contributed by atoms with E-state index in [-0.39, 0.29) is 20.1 Å². The van der Waals surface area contributed by atoms with Crippen LogP contribution < -0.4 is 0 Å². The van der Waals surface area contributed by atoms with Crippen LogP contribution in [0.3, 0.4) is 0 Å². The van der Waals surface area contributed by atoms with Crippen molar-refractivity contribution in [3.8, 4) is 22.5 Å². The molecule has 0 aliphatic heterocycles. The van der Waals surface area contributed by atoms with E-state index in [1.165, 1.54) is 4.70 Å². The molecule has 0 amide bonds. The molecule has 0 saturated carbocycles. The van der Waals surface area contributed by atoms with Crippen LogP contribution in [0, 0.1) is 26.0 Å². The summed E-state index contributed by atoms with van der Waals surface area (Å²) < 4.78 is 7.37. The van der Waals surface area contributed by atoms with Crippen LogP contribution in [-0.2, 0) is 20.1 Å². The molecule has 4 heterocycles. The average molecular weight is 676 g/mol. The average Bonchev–Trinajstić information content (AvgIpc) is 3.50. The van der Waals surface area contributed by atoms with Crippen molar-refractivity contribution >= 4 is 43.5 Å². The van der Waals surface area contributed by atoms with Crippen LogP contribution in [0.2, 0.25) is 0 Å². The van der Waals surface area contributed by atoms with Crippen molar-refractivity contribution in [1.29, 1.82) is 0 Å². The summed E-state index contributed by atoms with van der Waals surface area (Å²) in [7, 11) is 0. The second-order valence-electron chi connectivity index (χ2n) is 8.43. The number of furan rings is 1. The second kappa shape index (κ2) is 10.7. The zero-order valence-electron chi connectivity index (χ0n) is 20.2. The summed E-state index contributed by atoms with van der Waals surface area (Å²) in [6.07, 6.45) is 3.66. The molecule has 4 aromatic heterocycles. The van der Waals surface area contributed by atoms with Crippen LogP contribution in [0.4, 0.5) is 0 Å². The van der Waals surface area contributed by atoms with Crippen LogP contribution in [0.15, 0.2) is 95.7 Å². The van der Waals surface area contributed by atoms with Crippen molar-refractivity contribution in [1.82, 2.24) is 15.0 Å². The van der Waals surface area contributed by atoms with Crippen LogP contribution in [0.5, 0.6) is 0 Å². The molecule has 0 aliphatic rings. The number of pyridine rings is 2. The third-order valence-corrected chi connectivity index (χ3v) is 6.88. The van der Waals surface area contributed by atoms with Gasteiger partial charge in [-0.25, -0.2) is 4.98 Å². The summed E-state index contributed by atoms with van der Waals surface area (Å²) in [6, 6.07) is 32.2. The first-order valence-corrected chi connectivity index (χ1v) is 12.4. The third kappa shape index (κ3) is 4.96. The molecule has 0 unspecified atom stereocenters. The first-order chi connectivity index (χ1) is 17.7. The number of rotatable bonds is 2. The minimum atomic E-state index is 0. The second-order valence-corrected chi connectivity index (χ2v) is 9.63. The standard InChI is InChI=1S/C20H13N2OS.C11H8N.Ir/c1-11-6-7-15(21-10-11)13-4-3-5-14-18-17(23-19(13)14)9-8-16-20(18)24-12(2)22-16;1-2-6-10(7-3-1)11-8-4-5-9-12-11;/h3,5-10H,1-2H3;1-6,8-9H;/q2*-1;. The van der Waals surface area contributed by atoms with Crippen molar-refractivity contribution < 1.29 is 24.5 Å². The van der Waals surface area contributed by atoms with Crippen LogP contribution in [-0.4, -0.2) is 15.0 Å². The molecule has 3 aromatic carbocycles. The monoisotopic (exact) mass is 676 g/mol. The molecule has 0 fully saturated rings. The molecule has 0 N–H and O–H groups in total. The Morgan fingerprint density at radius 2 is 1.70 bits per heavy atom. The minimum Gasteiger partial charge on any atom is -0.501 e. The van der Waals surface area contributed by atoms with Crippen molar-refractivity contribution in [2.75, 3.05) is 0 Å². The minimum absolute atomic E-state index is 0. The molecule has 0 atom stereocenters. The SMILES string of the molecule is Cc1ccc(-c2[c-]ccc3c2oc2ccc4nc(C)sc4c23)nc1.[Ir].[c-]1ccccc1-c1ccccn1. The van der Waals surface area contributed by atoms with E-state index in [0.717, 1.165) is 60.5 Å². The molecule has 0 saturated heterocycles. The predicted octanol–water partition coefficient (Wildman–Crippen LogP) is 8.22. The van der Waals surface area contributed by atoms with Gasteiger partial charge in [0.2, 0.25) is 0 Å². The first kappa shape index (κ1) is 25.0. The predicted molar refractivity (Wildman–Crippen MR) is 147 cm³/mol. The summed E-state index contributed by atoms with van der Waals surface area (Å²) in [5.74, 6) is 0. The Labute approximate surface area is 232 Å². The summed E-state index contributed by atoms with van der Waals surface area (Å²) in [4.78, 5) is 13.3.